The first kappa shape index (κ1) is 20.6. The summed E-state index contributed by atoms with van der Waals surface area (Å²) in [4.78, 5) is 31.6. The Balaban J connectivity index is 1.85. The Morgan fingerprint density at radius 3 is 2.59 bits per heavy atom. The summed E-state index contributed by atoms with van der Waals surface area (Å²) in [6, 6.07) is 16.6. The molecule has 0 aliphatic rings. The minimum atomic E-state index is -0.322. The van der Waals surface area contributed by atoms with Gasteiger partial charge in [0.1, 0.15) is 6.54 Å². The van der Waals surface area contributed by atoms with E-state index in [1.54, 1.807) is 19.1 Å². The van der Waals surface area contributed by atoms with Crippen LogP contribution in [-0.2, 0) is 17.9 Å². The van der Waals surface area contributed by atoms with E-state index in [1.165, 1.54) is 10.6 Å². The predicted molar refractivity (Wildman–Crippen MR) is 117 cm³/mol. The lowest BCUT2D eigenvalue weighted by molar-refractivity contribution is -0.116. The van der Waals surface area contributed by atoms with Crippen LogP contribution in [-0.4, -0.2) is 22.5 Å². The molecule has 1 amide bonds. The zero-order valence-corrected chi connectivity index (χ0v) is 17.4. The van der Waals surface area contributed by atoms with Crippen molar-refractivity contribution in [2.45, 2.75) is 26.9 Å². The molecule has 3 rings (SSSR count). The topological polar surface area (TPSA) is 67.2 Å². The summed E-state index contributed by atoms with van der Waals surface area (Å²) >= 11 is 6.02. The maximum absolute atomic E-state index is 12.7. The van der Waals surface area contributed by atoms with Crippen molar-refractivity contribution in [1.82, 2.24) is 9.55 Å². The molecule has 0 atom stereocenters. The molecule has 0 bridgehead atoms. The number of carbonyl (C=O) groups excluding carboxylic acids is 1. The van der Waals surface area contributed by atoms with Crippen LogP contribution in [0.2, 0.25) is 5.02 Å². The number of halogens is 1. The molecule has 0 radical (unpaired) electrons. The van der Waals surface area contributed by atoms with Gasteiger partial charge < -0.3 is 10.2 Å². The number of benzene rings is 2. The molecule has 0 unspecified atom stereocenters. The van der Waals surface area contributed by atoms with Crippen LogP contribution in [0.4, 0.5) is 11.6 Å². The maximum atomic E-state index is 12.7. The number of hydrogen-bond acceptors (Lipinski definition) is 4. The van der Waals surface area contributed by atoms with Gasteiger partial charge in [-0.15, -0.1) is 0 Å². The average molecular weight is 411 g/mol. The van der Waals surface area contributed by atoms with Crippen LogP contribution in [0.15, 0.2) is 59.4 Å². The zero-order valence-electron chi connectivity index (χ0n) is 16.6. The van der Waals surface area contributed by atoms with Crippen molar-refractivity contribution >= 4 is 29.1 Å². The average Bonchev–Trinajstić information content (AvgIpc) is 2.67. The molecular weight excluding hydrogens is 388 g/mol. The van der Waals surface area contributed by atoms with E-state index in [2.05, 4.69) is 10.3 Å². The Morgan fingerprint density at radius 1 is 1.14 bits per heavy atom. The van der Waals surface area contributed by atoms with E-state index >= 15 is 0 Å². The van der Waals surface area contributed by atoms with Crippen molar-refractivity contribution in [3.8, 4) is 0 Å². The number of rotatable bonds is 6. The highest BCUT2D eigenvalue weighted by Crippen LogP contribution is 2.20. The Bertz CT molecular complexity index is 1080. The van der Waals surface area contributed by atoms with E-state index < -0.39 is 0 Å². The Kier molecular flexibility index (Phi) is 6.34. The van der Waals surface area contributed by atoms with E-state index in [0.29, 0.717) is 28.9 Å². The van der Waals surface area contributed by atoms with Crippen LogP contribution in [0, 0.1) is 13.8 Å². The molecule has 1 heterocycles. The number of amides is 1. The number of hydrogen-bond donors (Lipinski definition) is 1. The molecule has 2 aromatic carbocycles. The van der Waals surface area contributed by atoms with Crippen LogP contribution in [0.5, 0.6) is 0 Å². The molecule has 29 heavy (non-hydrogen) atoms. The quantitative estimate of drug-likeness (QED) is 0.671. The molecule has 0 saturated carbocycles. The van der Waals surface area contributed by atoms with E-state index in [1.807, 2.05) is 55.3 Å². The first-order valence-electron chi connectivity index (χ1n) is 9.23. The molecule has 7 heteroatoms. The van der Waals surface area contributed by atoms with Gasteiger partial charge in [0.25, 0.3) is 5.56 Å². The van der Waals surface area contributed by atoms with Gasteiger partial charge in [-0.05, 0) is 37.1 Å². The van der Waals surface area contributed by atoms with Gasteiger partial charge in [-0.2, -0.15) is 0 Å². The number of carbonyl (C=O) groups is 1. The van der Waals surface area contributed by atoms with E-state index in [9.17, 15) is 9.59 Å². The van der Waals surface area contributed by atoms with Crippen molar-refractivity contribution in [3.05, 3.63) is 86.8 Å². The van der Waals surface area contributed by atoms with Crippen LogP contribution >= 0.6 is 11.6 Å². The molecule has 3 aromatic rings. The van der Waals surface area contributed by atoms with Crippen LogP contribution in [0.25, 0.3) is 0 Å². The predicted octanol–water partition coefficient (Wildman–Crippen LogP) is 3.79. The molecule has 0 aliphatic heterocycles. The van der Waals surface area contributed by atoms with Crippen LogP contribution < -0.4 is 15.8 Å². The van der Waals surface area contributed by atoms with Gasteiger partial charge in [-0.25, -0.2) is 4.98 Å². The van der Waals surface area contributed by atoms with E-state index in [0.717, 1.165) is 11.1 Å². The standard InChI is InChI=1S/C22H23ClN4O2/c1-15-9-10-18(23)12-19(15)25-20(28)14-27-21(29)11-16(2)24-22(27)26(3)13-17-7-5-4-6-8-17/h4-12H,13-14H2,1-3H3,(H,25,28). The monoisotopic (exact) mass is 410 g/mol. The fraction of sp³-hybridized carbons (Fsp3) is 0.227. The lowest BCUT2D eigenvalue weighted by Crippen LogP contribution is -2.34. The number of aromatic nitrogens is 2. The highest BCUT2D eigenvalue weighted by molar-refractivity contribution is 6.31. The normalized spacial score (nSPS) is 10.6. The molecular formula is C22H23ClN4O2. The third kappa shape index (κ3) is 5.23. The first-order chi connectivity index (χ1) is 13.8. The molecule has 0 fully saturated rings. The molecule has 6 nitrogen and oxygen atoms in total. The summed E-state index contributed by atoms with van der Waals surface area (Å²) in [5.74, 6) is 0.120. The minimum absolute atomic E-state index is 0.146. The second-order valence-corrected chi connectivity index (χ2v) is 7.41. The summed E-state index contributed by atoms with van der Waals surface area (Å²) in [6.45, 7) is 4.06. The Labute approximate surface area is 174 Å². The van der Waals surface area contributed by atoms with Gasteiger partial charge in [0.15, 0.2) is 0 Å². The first-order valence-corrected chi connectivity index (χ1v) is 9.61. The summed E-state index contributed by atoms with van der Waals surface area (Å²) in [6.07, 6.45) is 0. The van der Waals surface area contributed by atoms with Gasteiger partial charge in [0, 0.05) is 36.1 Å². The number of aryl methyl sites for hydroxylation is 2. The summed E-state index contributed by atoms with van der Waals surface area (Å²) in [7, 11) is 1.85. The highest BCUT2D eigenvalue weighted by atomic mass is 35.5. The van der Waals surface area contributed by atoms with Gasteiger partial charge in [-0.1, -0.05) is 48.0 Å². The van der Waals surface area contributed by atoms with Crippen molar-refractivity contribution in [1.29, 1.82) is 0 Å². The Morgan fingerprint density at radius 2 is 1.86 bits per heavy atom. The second kappa shape index (κ2) is 8.92. The Hall–Kier alpha value is -3.12. The van der Waals surface area contributed by atoms with Gasteiger partial charge >= 0.3 is 0 Å². The lowest BCUT2D eigenvalue weighted by atomic mass is 10.2. The van der Waals surface area contributed by atoms with Crippen molar-refractivity contribution < 1.29 is 4.79 Å². The van der Waals surface area contributed by atoms with Crippen molar-refractivity contribution in [2.24, 2.45) is 0 Å². The van der Waals surface area contributed by atoms with Gasteiger partial charge in [-0.3, -0.25) is 14.2 Å². The summed E-state index contributed by atoms with van der Waals surface area (Å²) < 4.78 is 1.38. The molecule has 0 spiro atoms. The largest absolute Gasteiger partial charge is 0.341 e. The SMILES string of the molecule is Cc1cc(=O)n(CC(=O)Nc2cc(Cl)ccc2C)c(N(C)Cc2ccccc2)n1. The van der Waals surface area contributed by atoms with E-state index in [4.69, 9.17) is 11.6 Å². The lowest BCUT2D eigenvalue weighted by Gasteiger charge is -2.22. The summed E-state index contributed by atoms with van der Waals surface area (Å²) in [5, 5.41) is 3.36. The van der Waals surface area contributed by atoms with Crippen LogP contribution in [0.1, 0.15) is 16.8 Å². The molecule has 1 N–H and O–H groups in total. The maximum Gasteiger partial charge on any atom is 0.255 e. The van der Waals surface area contributed by atoms with Gasteiger partial charge in [0.2, 0.25) is 11.9 Å². The zero-order chi connectivity index (χ0) is 21.0. The van der Waals surface area contributed by atoms with Gasteiger partial charge in [0.05, 0.1) is 0 Å². The number of nitrogens with one attached hydrogen (secondary N) is 1. The highest BCUT2D eigenvalue weighted by Gasteiger charge is 2.16. The third-order valence-electron chi connectivity index (χ3n) is 4.50. The number of nitrogens with zero attached hydrogens (tertiary/aromatic N) is 3. The smallest absolute Gasteiger partial charge is 0.255 e. The fourth-order valence-electron chi connectivity index (χ4n) is 3.04. The minimum Gasteiger partial charge on any atom is -0.341 e. The molecule has 0 aliphatic carbocycles. The fourth-order valence-corrected chi connectivity index (χ4v) is 3.21. The third-order valence-corrected chi connectivity index (χ3v) is 4.73. The molecule has 1 aromatic heterocycles. The van der Waals surface area contributed by atoms with Crippen LogP contribution in [0.3, 0.4) is 0 Å². The summed E-state index contributed by atoms with van der Waals surface area (Å²) in [5.41, 5.74) is 2.92. The molecule has 150 valence electrons. The number of anilines is 2. The second-order valence-electron chi connectivity index (χ2n) is 6.97. The van der Waals surface area contributed by atoms with E-state index in [-0.39, 0.29) is 18.0 Å². The van der Waals surface area contributed by atoms with Crippen molar-refractivity contribution in [2.75, 3.05) is 17.3 Å². The van der Waals surface area contributed by atoms with Crippen molar-refractivity contribution in [3.63, 3.8) is 0 Å². The molecule has 0 saturated heterocycles.